The Labute approximate surface area is 112 Å². The maximum Gasteiger partial charge on any atom is 0.231 e. The van der Waals surface area contributed by atoms with Crippen molar-refractivity contribution in [3.8, 4) is 0 Å². The van der Waals surface area contributed by atoms with Crippen LogP contribution in [0.1, 0.15) is 18.4 Å². The van der Waals surface area contributed by atoms with E-state index in [1.165, 1.54) is 10.5 Å². The molecule has 4 heteroatoms. The Balaban J connectivity index is 1.78. The van der Waals surface area contributed by atoms with E-state index in [1.54, 1.807) is 11.8 Å². The topological polar surface area (TPSA) is 32.3 Å². The number of hydrogen-bond acceptors (Lipinski definition) is 3. The fourth-order valence-electron chi connectivity index (χ4n) is 2.72. The van der Waals surface area contributed by atoms with Gasteiger partial charge >= 0.3 is 0 Å². The first-order valence-corrected chi connectivity index (χ1v) is 7.48. The van der Waals surface area contributed by atoms with Crippen LogP contribution in [0.15, 0.2) is 29.2 Å². The SMILES string of the molecule is C[C@H]1CN(C(=O)[C@@H]2CSc3ccccc32)CCN1. The van der Waals surface area contributed by atoms with Gasteiger partial charge in [0.25, 0.3) is 0 Å². The second-order valence-electron chi connectivity index (χ2n) is 5.04. The number of nitrogens with one attached hydrogen (secondary N) is 1. The number of thioether (sulfide) groups is 1. The van der Waals surface area contributed by atoms with Crippen molar-refractivity contribution < 1.29 is 4.79 Å². The summed E-state index contributed by atoms with van der Waals surface area (Å²) in [4.78, 5) is 15.9. The number of carbonyl (C=O) groups excluding carboxylic acids is 1. The Morgan fingerprint density at radius 3 is 3.11 bits per heavy atom. The average Bonchev–Trinajstić information content (AvgIpc) is 2.82. The first-order chi connectivity index (χ1) is 8.75. The van der Waals surface area contributed by atoms with Crippen molar-refractivity contribution in [1.29, 1.82) is 0 Å². The van der Waals surface area contributed by atoms with Gasteiger partial charge in [0.2, 0.25) is 5.91 Å². The first-order valence-electron chi connectivity index (χ1n) is 6.49. The van der Waals surface area contributed by atoms with E-state index >= 15 is 0 Å². The minimum absolute atomic E-state index is 0.0662. The largest absolute Gasteiger partial charge is 0.339 e. The molecule has 18 heavy (non-hydrogen) atoms. The van der Waals surface area contributed by atoms with E-state index in [-0.39, 0.29) is 5.92 Å². The molecule has 2 atom stereocenters. The van der Waals surface area contributed by atoms with Crippen LogP contribution in [-0.4, -0.2) is 42.2 Å². The monoisotopic (exact) mass is 262 g/mol. The van der Waals surface area contributed by atoms with Gasteiger partial charge in [-0.15, -0.1) is 11.8 Å². The Morgan fingerprint density at radius 1 is 1.44 bits per heavy atom. The predicted molar refractivity (Wildman–Crippen MR) is 74.0 cm³/mol. The highest BCUT2D eigenvalue weighted by atomic mass is 32.2. The van der Waals surface area contributed by atoms with Crippen LogP contribution >= 0.6 is 11.8 Å². The molecule has 2 aliphatic rings. The van der Waals surface area contributed by atoms with Crippen LogP contribution < -0.4 is 5.32 Å². The van der Waals surface area contributed by atoms with Crippen LogP contribution in [-0.2, 0) is 4.79 Å². The molecule has 0 radical (unpaired) electrons. The fourth-order valence-corrected chi connectivity index (χ4v) is 3.94. The Kier molecular flexibility index (Phi) is 3.31. The Bertz CT molecular complexity index is 463. The Morgan fingerprint density at radius 2 is 2.28 bits per heavy atom. The molecule has 2 heterocycles. The van der Waals surface area contributed by atoms with Gasteiger partial charge < -0.3 is 10.2 Å². The molecule has 1 fully saturated rings. The molecular weight excluding hydrogens is 244 g/mol. The second-order valence-corrected chi connectivity index (χ2v) is 6.10. The van der Waals surface area contributed by atoms with Crippen molar-refractivity contribution in [2.75, 3.05) is 25.4 Å². The van der Waals surface area contributed by atoms with Gasteiger partial charge in [0.15, 0.2) is 0 Å². The highest BCUT2D eigenvalue weighted by Crippen LogP contribution is 2.40. The van der Waals surface area contributed by atoms with Crippen LogP contribution in [0.2, 0.25) is 0 Å². The van der Waals surface area contributed by atoms with Gasteiger partial charge in [0, 0.05) is 36.3 Å². The van der Waals surface area contributed by atoms with Gasteiger partial charge in [-0.25, -0.2) is 0 Å². The fraction of sp³-hybridized carbons (Fsp3) is 0.500. The molecule has 0 saturated carbocycles. The van der Waals surface area contributed by atoms with Gasteiger partial charge in [-0.05, 0) is 18.6 Å². The normalized spacial score (nSPS) is 27.1. The summed E-state index contributed by atoms with van der Waals surface area (Å²) in [5.41, 5.74) is 1.22. The average molecular weight is 262 g/mol. The van der Waals surface area contributed by atoms with E-state index in [4.69, 9.17) is 0 Å². The molecule has 1 saturated heterocycles. The van der Waals surface area contributed by atoms with Gasteiger partial charge in [0.1, 0.15) is 0 Å². The zero-order valence-electron chi connectivity index (χ0n) is 10.6. The molecule has 3 rings (SSSR count). The molecule has 96 valence electrons. The van der Waals surface area contributed by atoms with Crippen LogP contribution in [0.25, 0.3) is 0 Å². The lowest BCUT2D eigenvalue weighted by Gasteiger charge is -2.33. The number of hydrogen-bond donors (Lipinski definition) is 1. The van der Waals surface area contributed by atoms with Gasteiger partial charge in [-0.1, -0.05) is 18.2 Å². The number of rotatable bonds is 1. The second kappa shape index (κ2) is 4.94. The summed E-state index contributed by atoms with van der Waals surface area (Å²) in [7, 11) is 0. The van der Waals surface area contributed by atoms with Crippen LogP contribution in [0.3, 0.4) is 0 Å². The number of carbonyl (C=O) groups is 1. The lowest BCUT2D eigenvalue weighted by molar-refractivity contribution is -0.133. The number of benzene rings is 1. The van der Waals surface area contributed by atoms with Crippen molar-refractivity contribution in [2.45, 2.75) is 23.8 Å². The molecule has 0 aromatic heterocycles. The third kappa shape index (κ3) is 2.15. The summed E-state index contributed by atoms with van der Waals surface area (Å²) >= 11 is 1.81. The van der Waals surface area contributed by atoms with Crippen molar-refractivity contribution in [3.63, 3.8) is 0 Å². The zero-order chi connectivity index (χ0) is 12.5. The zero-order valence-corrected chi connectivity index (χ0v) is 11.4. The van der Waals surface area contributed by atoms with Gasteiger partial charge in [-0.2, -0.15) is 0 Å². The lowest BCUT2D eigenvalue weighted by atomic mass is 9.99. The number of nitrogens with zero attached hydrogens (tertiary/aromatic N) is 1. The van der Waals surface area contributed by atoms with Gasteiger partial charge in [0.05, 0.1) is 5.92 Å². The lowest BCUT2D eigenvalue weighted by Crippen LogP contribution is -2.52. The van der Waals surface area contributed by atoms with Crippen molar-refractivity contribution in [2.24, 2.45) is 0 Å². The van der Waals surface area contributed by atoms with E-state index in [0.29, 0.717) is 11.9 Å². The van der Waals surface area contributed by atoms with Crippen molar-refractivity contribution >= 4 is 17.7 Å². The van der Waals surface area contributed by atoms with E-state index in [9.17, 15) is 4.79 Å². The molecule has 0 bridgehead atoms. The highest BCUT2D eigenvalue weighted by molar-refractivity contribution is 7.99. The van der Waals surface area contributed by atoms with Crippen LogP contribution in [0, 0.1) is 0 Å². The minimum Gasteiger partial charge on any atom is -0.339 e. The standard InChI is InChI=1S/C14H18N2OS/c1-10-8-16(7-6-15-10)14(17)12-9-18-13-5-3-2-4-11(12)13/h2-5,10,12,15H,6-9H2,1H3/t10-,12+/m0/s1. The third-order valence-corrected chi connectivity index (χ3v) is 4.86. The molecule has 0 unspecified atom stereocenters. The summed E-state index contributed by atoms with van der Waals surface area (Å²) < 4.78 is 0. The van der Waals surface area contributed by atoms with Crippen LogP contribution in [0.5, 0.6) is 0 Å². The molecular formula is C14H18N2OS. The minimum atomic E-state index is 0.0662. The molecule has 0 aliphatic carbocycles. The number of fused-ring (bicyclic) bond motifs is 1. The predicted octanol–water partition coefficient (Wildman–Crippen LogP) is 1.70. The molecule has 3 nitrogen and oxygen atoms in total. The molecule has 2 aliphatic heterocycles. The molecule has 1 aromatic rings. The van der Waals surface area contributed by atoms with Crippen molar-refractivity contribution in [1.82, 2.24) is 10.2 Å². The highest BCUT2D eigenvalue weighted by Gasteiger charge is 2.33. The molecule has 1 amide bonds. The summed E-state index contributed by atoms with van der Waals surface area (Å²) in [5.74, 6) is 1.27. The molecule has 1 N–H and O–H groups in total. The molecule has 0 spiro atoms. The van der Waals surface area contributed by atoms with Crippen molar-refractivity contribution in [3.05, 3.63) is 29.8 Å². The van der Waals surface area contributed by atoms with Gasteiger partial charge in [-0.3, -0.25) is 4.79 Å². The third-order valence-electron chi connectivity index (χ3n) is 3.68. The first kappa shape index (κ1) is 12.1. The van der Waals surface area contributed by atoms with E-state index in [0.717, 1.165) is 25.4 Å². The maximum absolute atomic E-state index is 12.6. The van der Waals surface area contributed by atoms with E-state index < -0.39 is 0 Å². The summed E-state index contributed by atoms with van der Waals surface area (Å²) in [5, 5.41) is 3.38. The molecule has 1 aromatic carbocycles. The number of piperazine rings is 1. The van der Waals surface area contributed by atoms with E-state index in [2.05, 4.69) is 24.4 Å². The summed E-state index contributed by atoms with van der Waals surface area (Å²) in [6.07, 6.45) is 0. The quantitative estimate of drug-likeness (QED) is 0.836. The summed E-state index contributed by atoms with van der Waals surface area (Å²) in [6.45, 7) is 4.72. The Hall–Kier alpha value is -1.00. The summed E-state index contributed by atoms with van der Waals surface area (Å²) in [6, 6.07) is 8.71. The van der Waals surface area contributed by atoms with Crippen LogP contribution in [0.4, 0.5) is 0 Å². The van der Waals surface area contributed by atoms with E-state index in [1.807, 2.05) is 17.0 Å². The maximum atomic E-state index is 12.6. The number of amides is 1. The smallest absolute Gasteiger partial charge is 0.231 e.